The zero-order chi connectivity index (χ0) is 20.5. The van der Waals surface area contributed by atoms with Gasteiger partial charge >= 0.3 is 0 Å². The molecule has 2 unspecified atom stereocenters. The number of ether oxygens (including phenoxy) is 1. The predicted octanol–water partition coefficient (Wildman–Crippen LogP) is 4.40. The van der Waals surface area contributed by atoms with Crippen LogP contribution in [0.1, 0.15) is 36.0 Å². The Labute approximate surface area is 165 Å². The Kier molecular flexibility index (Phi) is 5.07. The Balaban J connectivity index is 2.35. The van der Waals surface area contributed by atoms with Crippen LogP contribution in [0.4, 0.5) is 0 Å². The highest BCUT2D eigenvalue weighted by Crippen LogP contribution is 2.58. The van der Waals surface area contributed by atoms with Gasteiger partial charge in [-0.25, -0.2) is 0 Å². The van der Waals surface area contributed by atoms with Crippen LogP contribution in [0.25, 0.3) is 0 Å². The second-order valence-corrected chi connectivity index (χ2v) is 7.44. The second-order valence-electron chi connectivity index (χ2n) is 7.44. The summed E-state index contributed by atoms with van der Waals surface area (Å²) in [6.07, 6.45) is 4.08. The molecule has 1 saturated carbocycles. The molecule has 144 valence electrons. The van der Waals surface area contributed by atoms with Gasteiger partial charge in [0.1, 0.15) is 5.76 Å². The minimum Gasteiger partial charge on any atom is -0.500 e. The smallest absolute Gasteiger partial charge is 0.184 e. The van der Waals surface area contributed by atoms with Crippen molar-refractivity contribution >= 4 is 17.3 Å². The molecule has 1 fully saturated rings. The van der Waals surface area contributed by atoms with Gasteiger partial charge in [0.2, 0.25) is 0 Å². The zero-order valence-corrected chi connectivity index (χ0v) is 16.1. The lowest BCUT2D eigenvalue weighted by Gasteiger charge is -2.50. The molecule has 0 aliphatic heterocycles. The van der Waals surface area contributed by atoms with Gasteiger partial charge < -0.3 is 4.74 Å². The summed E-state index contributed by atoms with van der Waals surface area (Å²) in [5, 5.41) is 0. The number of ketones is 3. The van der Waals surface area contributed by atoms with E-state index in [-0.39, 0.29) is 19.3 Å². The van der Waals surface area contributed by atoms with Gasteiger partial charge in [0.25, 0.3) is 0 Å². The van der Waals surface area contributed by atoms with E-state index in [1.54, 1.807) is 42.5 Å². The highest BCUT2D eigenvalue weighted by molar-refractivity contribution is 6.36. The first-order valence-corrected chi connectivity index (χ1v) is 9.24. The topological polar surface area (TPSA) is 60.4 Å². The number of hydrogen-bond acceptors (Lipinski definition) is 4. The van der Waals surface area contributed by atoms with Crippen molar-refractivity contribution in [2.75, 3.05) is 7.11 Å². The summed E-state index contributed by atoms with van der Waals surface area (Å²) in [6, 6.07) is 8.49. The van der Waals surface area contributed by atoms with E-state index in [1.807, 2.05) is 0 Å². The molecule has 0 N–H and O–H groups in total. The molecule has 0 heterocycles. The fraction of sp³-hybridized carbons (Fsp3) is 0.292. The number of rotatable bonds is 7. The molecule has 4 nitrogen and oxygen atoms in total. The maximum absolute atomic E-state index is 13.9. The van der Waals surface area contributed by atoms with E-state index in [9.17, 15) is 14.4 Å². The van der Waals surface area contributed by atoms with Gasteiger partial charge in [-0.15, -0.1) is 13.2 Å². The lowest BCUT2D eigenvalue weighted by atomic mass is 9.49. The van der Waals surface area contributed by atoms with Gasteiger partial charge in [0.15, 0.2) is 22.8 Å². The molecule has 4 heteroatoms. The monoisotopic (exact) mass is 376 g/mol. The molecule has 3 rings (SSSR count). The van der Waals surface area contributed by atoms with E-state index in [4.69, 9.17) is 4.74 Å². The molecular weight excluding hydrogens is 352 g/mol. The van der Waals surface area contributed by atoms with Crippen molar-refractivity contribution in [1.82, 2.24) is 0 Å². The summed E-state index contributed by atoms with van der Waals surface area (Å²) >= 11 is 0. The van der Waals surface area contributed by atoms with Gasteiger partial charge in [-0.05, 0) is 25.7 Å². The third-order valence-electron chi connectivity index (χ3n) is 5.73. The van der Waals surface area contributed by atoms with Crippen molar-refractivity contribution in [1.29, 1.82) is 0 Å². The van der Waals surface area contributed by atoms with Gasteiger partial charge in [0, 0.05) is 11.1 Å². The summed E-state index contributed by atoms with van der Waals surface area (Å²) in [6.45, 7) is 11.6. The van der Waals surface area contributed by atoms with Crippen LogP contribution in [0.15, 0.2) is 79.1 Å². The molecule has 2 atom stereocenters. The zero-order valence-electron chi connectivity index (χ0n) is 16.1. The summed E-state index contributed by atoms with van der Waals surface area (Å²) in [5.41, 5.74) is -1.57. The number of fused-ring (bicyclic) bond motifs is 2. The number of carbonyl (C=O) groups excluding carboxylic acids is 3. The van der Waals surface area contributed by atoms with Gasteiger partial charge in [-0.1, -0.05) is 54.6 Å². The standard InChI is InChI=1S/C24H24O4/c1-5-10-18-20(26)24(19(25)17-11-8-7-9-12-17)15-16(3)14-23(13-6-2,22(24)27)21(18)28-4/h5-9,11-12H,1-3,10,13-15H2,4H3. The van der Waals surface area contributed by atoms with E-state index in [2.05, 4.69) is 19.7 Å². The number of allylic oxidation sites excluding steroid dienone is 5. The number of hydrogen-bond donors (Lipinski definition) is 0. The molecule has 28 heavy (non-hydrogen) atoms. The second kappa shape index (κ2) is 7.19. The molecule has 0 saturated heterocycles. The first kappa shape index (κ1) is 19.7. The summed E-state index contributed by atoms with van der Waals surface area (Å²) in [5.74, 6) is -1.06. The van der Waals surface area contributed by atoms with Crippen LogP contribution in [0.3, 0.4) is 0 Å². The fourth-order valence-corrected chi connectivity index (χ4v) is 4.72. The molecule has 0 aromatic heterocycles. The highest BCUT2D eigenvalue weighted by atomic mass is 16.5. The van der Waals surface area contributed by atoms with E-state index in [1.165, 1.54) is 7.11 Å². The number of benzene rings is 1. The largest absolute Gasteiger partial charge is 0.500 e. The molecule has 2 aliphatic rings. The molecular formula is C24H24O4. The van der Waals surface area contributed by atoms with E-state index >= 15 is 0 Å². The van der Waals surface area contributed by atoms with Crippen molar-refractivity contribution < 1.29 is 19.1 Å². The van der Waals surface area contributed by atoms with E-state index in [0.29, 0.717) is 28.9 Å². The van der Waals surface area contributed by atoms with Crippen LogP contribution in [-0.2, 0) is 14.3 Å². The first-order chi connectivity index (χ1) is 13.4. The van der Waals surface area contributed by atoms with Crippen molar-refractivity contribution in [3.05, 3.63) is 84.7 Å². The van der Waals surface area contributed by atoms with Gasteiger partial charge in [-0.2, -0.15) is 0 Å². The predicted molar refractivity (Wildman–Crippen MR) is 108 cm³/mol. The maximum Gasteiger partial charge on any atom is 0.184 e. The van der Waals surface area contributed by atoms with Crippen molar-refractivity contribution in [3.8, 4) is 0 Å². The normalized spacial score (nSPS) is 26.8. The minimum atomic E-state index is -1.81. The van der Waals surface area contributed by atoms with Gasteiger partial charge in [-0.3, -0.25) is 14.4 Å². The van der Waals surface area contributed by atoms with Crippen LogP contribution in [0, 0.1) is 10.8 Å². The number of methoxy groups -OCH3 is 1. The Morgan fingerprint density at radius 1 is 1.14 bits per heavy atom. The molecule has 1 aromatic rings. The van der Waals surface area contributed by atoms with Crippen LogP contribution >= 0.6 is 0 Å². The first-order valence-electron chi connectivity index (χ1n) is 9.24. The summed E-state index contributed by atoms with van der Waals surface area (Å²) in [4.78, 5) is 41.1. The molecule has 1 aromatic carbocycles. The molecule has 2 bridgehead atoms. The number of carbonyl (C=O) groups is 3. The molecule has 0 spiro atoms. The summed E-state index contributed by atoms with van der Waals surface area (Å²) < 4.78 is 5.61. The van der Waals surface area contributed by atoms with Crippen LogP contribution in [0.2, 0.25) is 0 Å². The van der Waals surface area contributed by atoms with Crippen LogP contribution in [0.5, 0.6) is 0 Å². The highest BCUT2D eigenvalue weighted by Gasteiger charge is 2.67. The van der Waals surface area contributed by atoms with Crippen LogP contribution < -0.4 is 0 Å². The molecule has 0 radical (unpaired) electrons. The quantitative estimate of drug-likeness (QED) is 0.402. The van der Waals surface area contributed by atoms with E-state index < -0.39 is 28.2 Å². The third kappa shape index (κ3) is 2.55. The third-order valence-corrected chi connectivity index (χ3v) is 5.73. The van der Waals surface area contributed by atoms with E-state index in [0.717, 1.165) is 0 Å². The average Bonchev–Trinajstić information content (AvgIpc) is 2.69. The average molecular weight is 376 g/mol. The number of Topliss-reactive ketones (excluding diaryl/α,β-unsaturated/α-hetero) is 3. The maximum atomic E-state index is 13.9. The van der Waals surface area contributed by atoms with Crippen molar-refractivity contribution in [2.45, 2.75) is 25.7 Å². The minimum absolute atomic E-state index is 0.0227. The fourth-order valence-electron chi connectivity index (χ4n) is 4.72. The van der Waals surface area contributed by atoms with Gasteiger partial charge in [0.05, 0.1) is 12.5 Å². The Morgan fingerprint density at radius 2 is 1.82 bits per heavy atom. The Hall–Kier alpha value is -3.01. The Morgan fingerprint density at radius 3 is 2.39 bits per heavy atom. The van der Waals surface area contributed by atoms with Crippen molar-refractivity contribution in [2.24, 2.45) is 10.8 Å². The SMILES string of the molecule is C=CCC1=C(OC)C2(CC=C)CC(=C)CC(C(=O)c3ccccc3)(C1=O)C2=O. The lowest BCUT2D eigenvalue weighted by Crippen LogP contribution is -2.61. The summed E-state index contributed by atoms with van der Waals surface area (Å²) in [7, 11) is 1.45. The molecule has 2 aliphatic carbocycles. The Bertz CT molecular complexity index is 921. The molecule has 0 amide bonds. The van der Waals surface area contributed by atoms with Crippen LogP contribution in [-0.4, -0.2) is 24.5 Å². The van der Waals surface area contributed by atoms with Crippen molar-refractivity contribution in [3.63, 3.8) is 0 Å². The lowest BCUT2D eigenvalue weighted by molar-refractivity contribution is -0.147.